The Labute approximate surface area is 174 Å². The van der Waals surface area contributed by atoms with Crippen LogP contribution in [-0.4, -0.2) is 30.4 Å². The Morgan fingerprint density at radius 2 is 1.63 bits per heavy atom. The Kier molecular flexibility index (Phi) is 10.2. The second kappa shape index (κ2) is 11.9. The van der Waals surface area contributed by atoms with Gasteiger partial charge in [0.2, 0.25) is 5.91 Å². The van der Waals surface area contributed by atoms with E-state index < -0.39 is 0 Å². The number of benzene rings is 2. The summed E-state index contributed by atoms with van der Waals surface area (Å²) < 4.78 is 0. The number of para-hydroxylation sites is 1. The summed E-state index contributed by atoms with van der Waals surface area (Å²) in [4.78, 5) is 15.0. The molecule has 27 heavy (non-hydrogen) atoms. The van der Waals surface area contributed by atoms with Crippen molar-refractivity contribution in [2.75, 3.05) is 25.4 Å². The van der Waals surface area contributed by atoms with E-state index in [1.807, 2.05) is 42.5 Å². The van der Waals surface area contributed by atoms with Crippen molar-refractivity contribution < 1.29 is 4.79 Å². The smallest absolute Gasteiger partial charge is 0.220 e. The lowest BCUT2D eigenvalue weighted by Crippen LogP contribution is -2.37. The van der Waals surface area contributed by atoms with E-state index in [0.717, 1.165) is 30.9 Å². The molecule has 1 unspecified atom stereocenters. The molecule has 4 nitrogen and oxygen atoms in total. The fraction of sp³-hybridized carbons (Fsp3) is 0.381. The first kappa shape index (κ1) is 23.3. The van der Waals surface area contributed by atoms with E-state index in [1.165, 1.54) is 18.4 Å². The van der Waals surface area contributed by atoms with E-state index in [9.17, 15) is 4.79 Å². The van der Waals surface area contributed by atoms with Crippen LogP contribution in [0.4, 0.5) is 5.69 Å². The van der Waals surface area contributed by atoms with Crippen molar-refractivity contribution in [3.8, 4) is 0 Å². The molecule has 2 aromatic carbocycles. The number of rotatable bonds is 7. The summed E-state index contributed by atoms with van der Waals surface area (Å²) in [6, 6.07) is 18.0. The predicted molar refractivity (Wildman–Crippen MR) is 117 cm³/mol. The van der Waals surface area contributed by atoms with Crippen LogP contribution in [-0.2, 0) is 11.2 Å². The van der Waals surface area contributed by atoms with Crippen molar-refractivity contribution in [2.24, 2.45) is 0 Å². The molecule has 0 saturated carbocycles. The average molecular weight is 410 g/mol. The molecule has 1 atom stereocenters. The van der Waals surface area contributed by atoms with Gasteiger partial charge in [0.1, 0.15) is 0 Å². The van der Waals surface area contributed by atoms with Gasteiger partial charge in [-0.05, 0) is 49.5 Å². The molecule has 1 saturated heterocycles. The van der Waals surface area contributed by atoms with Crippen LogP contribution in [0.3, 0.4) is 0 Å². The lowest BCUT2D eigenvalue weighted by Gasteiger charge is -2.25. The highest BCUT2D eigenvalue weighted by Crippen LogP contribution is 2.18. The second-order valence-corrected chi connectivity index (χ2v) is 6.74. The van der Waals surface area contributed by atoms with Crippen molar-refractivity contribution >= 4 is 36.4 Å². The Balaban J connectivity index is 0.00000182. The maximum absolute atomic E-state index is 12.5. The molecule has 6 heteroatoms. The number of carbonyl (C=O) groups excluding carboxylic acids is 1. The number of nitrogens with zero attached hydrogens (tertiary/aromatic N) is 1. The normalized spacial score (nSPS) is 14.7. The van der Waals surface area contributed by atoms with Gasteiger partial charge in [-0.1, -0.05) is 48.5 Å². The number of carbonyl (C=O) groups is 1. The maximum atomic E-state index is 12.5. The van der Waals surface area contributed by atoms with Crippen LogP contribution in [0.5, 0.6) is 0 Å². The fourth-order valence-corrected chi connectivity index (χ4v) is 3.42. The van der Waals surface area contributed by atoms with E-state index >= 15 is 0 Å². The molecule has 148 valence electrons. The van der Waals surface area contributed by atoms with Gasteiger partial charge in [0.15, 0.2) is 0 Å². The molecule has 1 heterocycles. The molecule has 0 spiro atoms. The minimum absolute atomic E-state index is 0. The zero-order valence-corrected chi connectivity index (χ0v) is 17.1. The number of likely N-dealkylation sites (tertiary alicyclic amines) is 1. The Morgan fingerprint density at radius 1 is 1.00 bits per heavy atom. The van der Waals surface area contributed by atoms with E-state index in [1.54, 1.807) is 0 Å². The highest BCUT2D eigenvalue weighted by atomic mass is 35.5. The quantitative estimate of drug-likeness (QED) is 0.679. The first-order valence-electron chi connectivity index (χ1n) is 9.12. The number of nitrogens with one attached hydrogen (secondary N) is 1. The zero-order chi connectivity index (χ0) is 17.5. The first-order valence-corrected chi connectivity index (χ1v) is 9.12. The van der Waals surface area contributed by atoms with Gasteiger partial charge >= 0.3 is 0 Å². The summed E-state index contributed by atoms with van der Waals surface area (Å²) in [5, 5.41) is 3.23. The summed E-state index contributed by atoms with van der Waals surface area (Å²) in [7, 11) is 0. The molecule has 1 fully saturated rings. The van der Waals surface area contributed by atoms with Gasteiger partial charge in [0, 0.05) is 18.7 Å². The van der Waals surface area contributed by atoms with Gasteiger partial charge in [0.05, 0.1) is 6.04 Å². The summed E-state index contributed by atoms with van der Waals surface area (Å²) in [5.74, 6) is 0.0799. The monoisotopic (exact) mass is 409 g/mol. The summed E-state index contributed by atoms with van der Waals surface area (Å²) >= 11 is 0. The Hall–Kier alpha value is -1.75. The minimum Gasteiger partial charge on any atom is -0.399 e. The largest absolute Gasteiger partial charge is 0.399 e. The molecule has 0 aromatic heterocycles. The van der Waals surface area contributed by atoms with E-state index in [-0.39, 0.29) is 36.8 Å². The molecule has 3 N–H and O–H groups in total. The molecular weight excluding hydrogens is 381 g/mol. The van der Waals surface area contributed by atoms with Crippen molar-refractivity contribution in [1.82, 2.24) is 10.2 Å². The molecule has 2 aromatic rings. The number of aryl methyl sites for hydroxylation is 1. The Morgan fingerprint density at radius 3 is 2.30 bits per heavy atom. The van der Waals surface area contributed by atoms with Crippen LogP contribution in [0.2, 0.25) is 0 Å². The van der Waals surface area contributed by atoms with Gasteiger partial charge < -0.3 is 16.0 Å². The summed E-state index contributed by atoms with van der Waals surface area (Å²) in [6.07, 6.45) is 3.63. The highest BCUT2D eigenvalue weighted by molar-refractivity contribution is 5.85. The van der Waals surface area contributed by atoms with E-state index in [2.05, 4.69) is 22.3 Å². The minimum atomic E-state index is 0. The van der Waals surface area contributed by atoms with Gasteiger partial charge in [-0.3, -0.25) is 4.79 Å². The SMILES string of the molecule is Cl.Cl.Nc1ccccc1CCC(=O)NC(CN1CCCC1)c1ccccc1. The van der Waals surface area contributed by atoms with Crippen molar-refractivity contribution in [3.05, 3.63) is 65.7 Å². The number of nitrogen functional groups attached to an aromatic ring is 1. The average Bonchev–Trinajstić information content (AvgIpc) is 3.14. The Bertz CT molecular complexity index is 691. The molecule has 0 bridgehead atoms. The third kappa shape index (κ3) is 7.06. The molecule has 3 rings (SSSR count). The third-order valence-electron chi connectivity index (χ3n) is 4.85. The molecule has 0 radical (unpaired) electrons. The first-order chi connectivity index (χ1) is 12.2. The lowest BCUT2D eigenvalue weighted by molar-refractivity contribution is -0.121. The molecule has 1 aliphatic heterocycles. The predicted octanol–water partition coefficient (Wildman–Crippen LogP) is 4.00. The van der Waals surface area contributed by atoms with Crippen LogP contribution in [0, 0.1) is 0 Å². The molecule has 0 aliphatic carbocycles. The molecule has 1 amide bonds. The topological polar surface area (TPSA) is 58.4 Å². The molecular formula is C21H29Cl2N3O. The standard InChI is InChI=1S/C21H27N3O.2ClH/c22-19-11-5-4-8-17(19)12-13-21(25)23-20(16-24-14-6-7-15-24)18-9-2-1-3-10-18;;/h1-5,8-11,20H,6-7,12-16,22H2,(H,23,25);2*1H. The maximum Gasteiger partial charge on any atom is 0.220 e. The molecule has 1 aliphatic rings. The zero-order valence-electron chi connectivity index (χ0n) is 15.5. The van der Waals surface area contributed by atoms with E-state index in [0.29, 0.717) is 12.8 Å². The van der Waals surface area contributed by atoms with Crippen LogP contribution in [0.25, 0.3) is 0 Å². The summed E-state index contributed by atoms with van der Waals surface area (Å²) in [6.45, 7) is 3.13. The number of amides is 1. The number of hydrogen-bond donors (Lipinski definition) is 2. The van der Waals surface area contributed by atoms with Gasteiger partial charge in [-0.2, -0.15) is 0 Å². The summed E-state index contributed by atoms with van der Waals surface area (Å²) in [5.41, 5.74) is 8.93. The number of hydrogen-bond acceptors (Lipinski definition) is 3. The van der Waals surface area contributed by atoms with Crippen LogP contribution in [0.15, 0.2) is 54.6 Å². The highest BCUT2D eigenvalue weighted by Gasteiger charge is 2.20. The van der Waals surface area contributed by atoms with Crippen LogP contribution >= 0.6 is 24.8 Å². The number of halogens is 2. The van der Waals surface area contributed by atoms with Crippen molar-refractivity contribution in [3.63, 3.8) is 0 Å². The van der Waals surface area contributed by atoms with Crippen molar-refractivity contribution in [1.29, 1.82) is 0 Å². The van der Waals surface area contributed by atoms with Crippen LogP contribution in [0.1, 0.15) is 36.4 Å². The number of nitrogens with two attached hydrogens (primary N) is 1. The fourth-order valence-electron chi connectivity index (χ4n) is 3.42. The van der Waals surface area contributed by atoms with Gasteiger partial charge in [-0.15, -0.1) is 24.8 Å². The van der Waals surface area contributed by atoms with Gasteiger partial charge in [0.25, 0.3) is 0 Å². The second-order valence-electron chi connectivity index (χ2n) is 6.74. The lowest BCUT2D eigenvalue weighted by atomic mass is 10.0. The van der Waals surface area contributed by atoms with Crippen molar-refractivity contribution in [2.45, 2.75) is 31.7 Å². The van der Waals surface area contributed by atoms with E-state index in [4.69, 9.17) is 5.73 Å². The van der Waals surface area contributed by atoms with Gasteiger partial charge in [-0.25, -0.2) is 0 Å². The number of anilines is 1. The van der Waals surface area contributed by atoms with Crippen LogP contribution < -0.4 is 11.1 Å². The third-order valence-corrected chi connectivity index (χ3v) is 4.85.